The molecule has 0 aromatic rings. The third-order valence-electron chi connectivity index (χ3n) is 2.28. The Labute approximate surface area is 110 Å². The number of ether oxygens (including phenoxy) is 2. The molecule has 6 heteroatoms. The Morgan fingerprint density at radius 1 is 1.11 bits per heavy atom. The van der Waals surface area contributed by atoms with E-state index in [1.165, 1.54) is 0 Å². The van der Waals surface area contributed by atoms with E-state index in [0.717, 1.165) is 6.61 Å². The summed E-state index contributed by atoms with van der Waals surface area (Å²) in [5, 5.41) is 0. The van der Waals surface area contributed by atoms with E-state index >= 15 is 0 Å². The van der Waals surface area contributed by atoms with Crippen LogP contribution in [0.4, 0.5) is 0 Å². The standard InChI is InChI=1S/C12H24O5Si/c1-4-15-18(16-5-2,17-6-3)9-7-8-13-10-12-11-14-12/h7,9,12H,4-6,8,10-11H2,1-3H3/b9-7+. The van der Waals surface area contributed by atoms with Gasteiger partial charge in [-0.05, 0) is 26.5 Å². The molecule has 1 fully saturated rings. The Morgan fingerprint density at radius 2 is 1.67 bits per heavy atom. The van der Waals surface area contributed by atoms with E-state index in [4.69, 9.17) is 22.8 Å². The fourth-order valence-electron chi connectivity index (χ4n) is 1.50. The summed E-state index contributed by atoms with van der Waals surface area (Å²) in [6, 6.07) is 0. The minimum atomic E-state index is -2.65. The lowest BCUT2D eigenvalue weighted by Crippen LogP contribution is -2.44. The summed E-state index contributed by atoms with van der Waals surface area (Å²) in [6.45, 7) is 9.55. The molecule has 18 heavy (non-hydrogen) atoms. The lowest BCUT2D eigenvalue weighted by molar-refractivity contribution is 0.0836. The van der Waals surface area contributed by atoms with Crippen LogP contribution in [0.3, 0.4) is 0 Å². The first kappa shape index (κ1) is 15.8. The van der Waals surface area contributed by atoms with Gasteiger partial charge < -0.3 is 22.8 Å². The highest BCUT2D eigenvalue weighted by molar-refractivity contribution is 6.66. The van der Waals surface area contributed by atoms with Gasteiger partial charge in [-0.15, -0.1) is 0 Å². The maximum absolute atomic E-state index is 5.68. The van der Waals surface area contributed by atoms with Gasteiger partial charge in [0.1, 0.15) is 6.10 Å². The van der Waals surface area contributed by atoms with Gasteiger partial charge in [0.25, 0.3) is 0 Å². The molecule has 0 amide bonds. The van der Waals surface area contributed by atoms with Crippen LogP contribution in [0.2, 0.25) is 0 Å². The second kappa shape index (κ2) is 8.79. The van der Waals surface area contributed by atoms with E-state index in [1.54, 1.807) is 0 Å². The summed E-state index contributed by atoms with van der Waals surface area (Å²) >= 11 is 0. The smallest absolute Gasteiger partial charge is 0.375 e. The highest BCUT2D eigenvalue weighted by atomic mass is 28.4. The Bertz CT molecular complexity index is 226. The van der Waals surface area contributed by atoms with Crippen LogP contribution in [-0.4, -0.2) is 54.5 Å². The van der Waals surface area contributed by atoms with Gasteiger partial charge in [-0.2, -0.15) is 0 Å². The molecule has 0 N–H and O–H groups in total. The van der Waals surface area contributed by atoms with Crippen molar-refractivity contribution >= 4 is 8.80 Å². The van der Waals surface area contributed by atoms with Crippen LogP contribution >= 0.6 is 0 Å². The minimum absolute atomic E-state index is 0.297. The molecular formula is C12H24O5Si. The predicted molar refractivity (Wildman–Crippen MR) is 70.3 cm³/mol. The second-order valence-corrected chi connectivity index (χ2v) is 6.20. The fraction of sp³-hybridized carbons (Fsp3) is 0.833. The van der Waals surface area contributed by atoms with Gasteiger partial charge >= 0.3 is 8.80 Å². The Kier molecular flexibility index (Phi) is 7.72. The monoisotopic (exact) mass is 276 g/mol. The van der Waals surface area contributed by atoms with E-state index in [0.29, 0.717) is 39.1 Å². The first-order chi connectivity index (χ1) is 8.76. The summed E-state index contributed by atoms with van der Waals surface area (Å²) in [7, 11) is -2.65. The summed E-state index contributed by atoms with van der Waals surface area (Å²) < 4.78 is 27.5. The maximum Gasteiger partial charge on any atom is 0.529 e. The Balaban J connectivity index is 2.37. The normalized spacial score (nSPS) is 19.6. The lowest BCUT2D eigenvalue weighted by Gasteiger charge is -2.25. The first-order valence-corrected chi connectivity index (χ1v) is 8.35. The van der Waals surface area contributed by atoms with Crippen molar-refractivity contribution in [3.05, 3.63) is 11.8 Å². The van der Waals surface area contributed by atoms with Gasteiger partial charge in [0.05, 0.1) is 19.8 Å². The largest absolute Gasteiger partial charge is 0.529 e. The molecule has 0 spiro atoms. The first-order valence-electron chi connectivity index (χ1n) is 6.55. The van der Waals surface area contributed by atoms with Crippen molar-refractivity contribution in [2.75, 3.05) is 39.6 Å². The van der Waals surface area contributed by atoms with Gasteiger partial charge in [-0.1, -0.05) is 6.08 Å². The zero-order valence-corrected chi connectivity index (χ0v) is 12.5. The van der Waals surface area contributed by atoms with Gasteiger partial charge in [0.15, 0.2) is 0 Å². The van der Waals surface area contributed by atoms with Crippen molar-refractivity contribution in [2.24, 2.45) is 0 Å². The van der Waals surface area contributed by atoms with Gasteiger partial charge in [0.2, 0.25) is 0 Å². The second-order valence-electron chi connectivity index (χ2n) is 3.80. The molecule has 1 aliphatic rings. The molecule has 1 heterocycles. The van der Waals surface area contributed by atoms with Crippen molar-refractivity contribution in [3.8, 4) is 0 Å². The molecule has 1 saturated heterocycles. The molecule has 0 aromatic carbocycles. The van der Waals surface area contributed by atoms with Crippen molar-refractivity contribution in [3.63, 3.8) is 0 Å². The quantitative estimate of drug-likeness (QED) is 0.325. The minimum Gasteiger partial charge on any atom is -0.375 e. The van der Waals surface area contributed by atoms with Gasteiger partial charge in [0, 0.05) is 19.8 Å². The molecule has 1 atom stereocenters. The number of rotatable bonds is 11. The molecule has 0 bridgehead atoms. The highest BCUT2D eigenvalue weighted by Gasteiger charge is 2.37. The Morgan fingerprint density at radius 3 is 2.11 bits per heavy atom. The third-order valence-corrected chi connectivity index (χ3v) is 5.00. The molecule has 0 aliphatic carbocycles. The average Bonchev–Trinajstić information content (AvgIpc) is 3.14. The molecule has 1 rings (SSSR count). The molecule has 1 aliphatic heterocycles. The van der Waals surface area contributed by atoms with Crippen molar-refractivity contribution in [2.45, 2.75) is 26.9 Å². The van der Waals surface area contributed by atoms with Crippen LogP contribution in [0.15, 0.2) is 11.8 Å². The molecule has 106 valence electrons. The van der Waals surface area contributed by atoms with Crippen LogP contribution < -0.4 is 0 Å². The van der Waals surface area contributed by atoms with Gasteiger partial charge in [-0.3, -0.25) is 0 Å². The number of hydrogen-bond donors (Lipinski definition) is 0. The molecule has 5 nitrogen and oxygen atoms in total. The number of hydrogen-bond acceptors (Lipinski definition) is 5. The van der Waals surface area contributed by atoms with Crippen molar-refractivity contribution in [1.29, 1.82) is 0 Å². The molecule has 0 saturated carbocycles. The van der Waals surface area contributed by atoms with Crippen LogP contribution in [0, 0.1) is 0 Å². The van der Waals surface area contributed by atoms with E-state index in [9.17, 15) is 0 Å². The molecule has 1 unspecified atom stereocenters. The summed E-state index contributed by atoms with van der Waals surface area (Å²) in [6.07, 6.45) is 2.21. The Hall–Kier alpha value is -0.243. The van der Waals surface area contributed by atoms with E-state index in [1.807, 2.05) is 32.5 Å². The SMILES string of the molecule is CCO[Si](/C=C/COCC1CO1)(OCC)OCC. The van der Waals surface area contributed by atoms with Crippen LogP contribution in [-0.2, 0) is 22.8 Å². The highest BCUT2D eigenvalue weighted by Crippen LogP contribution is 2.12. The molecule has 0 aromatic heterocycles. The van der Waals surface area contributed by atoms with Crippen LogP contribution in [0.1, 0.15) is 20.8 Å². The third kappa shape index (κ3) is 6.08. The molecule has 0 radical (unpaired) electrons. The maximum atomic E-state index is 5.68. The van der Waals surface area contributed by atoms with Crippen molar-refractivity contribution < 1.29 is 22.8 Å². The summed E-state index contributed by atoms with van der Waals surface area (Å²) in [5.74, 6) is 0. The average molecular weight is 276 g/mol. The topological polar surface area (TPSA) is 49.5 Å². The van der Waals surface area contributed by atoms with E-state index in [-0.39, 0.29) is 0 Å². The summed E-state index contributed by atoms with van der Waals surface area (Å²) in [4.78, 5) is 0. The zero-order valence-electron chi connectivity index (χ0n) is 11.5. The van der Waals surface area contributed by atoms with E-state index < -0.39 is 8.80 Å². The fourth-order valence-corrected chi connectivity index (χ4v) is 3.63. The van der Waals surface area contributed by atoms with Crippen LogP contribution in [0.25, 0.3) is 0 Å². The zero-order chi connectivity index (χ0) is 13.3. The van der Waals surface area contributed by atoms with E-state index in [2.05, 4.69) is 0 Å². The van der Waals surface area contributed by atoms with Gasteiger partial charge in [-0.25, -0.2) is 0 Å². The van der Waals surface area contributed by atoms with Crippen LogP contribution in [0.5, 0.6) is 0 Å². The lowest BCUT2D eigenvalue weighted by atomic mass is 10.5. The summed E-state index contributed by atoms with van der Waals surface area (Å²) in [5.41, 5.74) is 1.90. The molecular weight excluding hydrogens is 252 g/mol. The number of epoxide rings is 1. The predicted octanol–water partition coefficient (Wildman–Crippen LogP) is 1.55. The van der Waals surface area contributed by atoms with Crippen molar-refractivity contribution in [1.82, 2.24) is 0 Å².